The third-order valence-electron chi connectivity index (χ3n) is 15.8. The molecule has 0 aliphatic carbocycles. The molecule has 0 atom stereocenters. The van der Waals surface area contributed by atoms with E-state index in [1.165, 1.54) is 0 Å². The van der Waals surface area contributed by atoms with Crippen molar-refractivity contribution in [1.82, 2.24) is 0 Å². The highest BCUT2D eigenvalue weighted by atomic mass is 32.2. The number of phenols is 2. The molecule has 0 amide bonds. The standard InChI is InChI=1S/C69H80N2O12S2/c1-36-25-38(3)60(40(5)57(36)62(74)44-29-50(66(7,8)9)64(76)51(30-44)67(10,11)12)70-54-23-19-42(27-46(54)34-72)59(49-22-21-48(84(78,79)80)33-56(49)85(81,82)83)43-20-24-55(47(28-43)35-73)71-61-39(4)26-37(2)58(41(61)6)63(75)45-31-52(68(13,14)15)65(77)53(32-45)69(16,17)18/h19-33,70-73H,34-35H2,1-18H3,(H3-,74,75,76,77,78,79,80,81,82,83)/p+1. The zero-order valence-electron chi connectivity index (χ0n) is 52.0. The van der Waals surface area contributed by atoms with Gasteiger partial charge in [0.15, 0.2) is 11.6 Å². The van der Waals surface area contributed by atoms with Gasteiger partial charge in [-0.05, 0) is 169 Å². The fourth-order valence-electron chi connectivity index (χ4n) is 11.4. The molecular weight excluding hydrogens is 1110 g/mol. The first-order valence-corrected chi connectivity index (χ1v) is 30.9. The third-order valence-corrected chi connectivity index (χ3v) is 17.6. The summed E-state index contributed by atoms with van der Waals surface area (Å²) in [7, 11) is -10.2. The maximum atomic E-state index is 14.8. The van der Waals surface area contributed by atoms with Gasteiger partial charge in [-0.2, -0.15) is 16.8 Å². The van der Waals surface area contributed by atoms with Crippen LogP contribution in [0.3, 0.4) is 0 Å². The van der Waals surface area contributed by atoms with E-state index < -0.39 is 64.9 Å². The lowest BCUT2D eigenvalue weighted by molar-refractivity contribution is 0.102. The Morgan fingerprint density at radius 1 is 0.459 bits per heavy atom. The van der Waals surface area contributed by atoms with Gasteiger partial charge in [0.05, 0.1) is 47.2 Å². The molecule has 0 aromatic heterocycles. The summed E-state index contributed by atoms with van der Waals surface area (Å²) >= 11 is 0. The first kappa shape index (κ1) is 65.2. The Morgan fingerprint density at radius 3 is 1.09 bits per heavy atom. The molecule has 0 spiro atoms. The smallest absolute Gasteiger partial charge is 0.315 e. The van der Waals surface area contributed by atoms with Gasteiger partial charge in [0.25, 0.3) is 10.1 Å². The van der Waals surface area contributed by atoms with Gasteiger partial charge in [0.2, 0.25) is 0 Å². The Morgan fingerprint density at radius 2 is 0.800 bits per heavy atom. The first-order valence-electron chi connectivity index (χ1n) is 28.1. The van der Waals surface area contributed by atoms with Gasteiger partial charge in [-0.1, -0.05) is 95.2 Å². The molecule has 16 heteroatoms. The molecule has 14 nitrogen and oxygen atoms in total. The number of nitrogens with one attached hydrogen (secondary N) is 2. The summed E-state index contributed by atoms with van der Waals surface area (Å²) in [5.41, 5.74) is 9.52. The number of phenolic OH excluding ortho intramolecular Hbond substituents is 2. The number of carbonyl (C=O) groups is 2. The normalized spacial score (nSPS) is 12.6. The molecule has 7 aromatic rings. The molecule has 0 unspecified atom stereocenters. The largest absolute Gasteiger partial charge is 0.507 e. The highest BCUT2D eigenvalue weighted by Crippen LogP contribution is 2.45. The Kier molecular flexibility index (Phi) is 17.8. The predicted molar refractivity (Wildman–Crippen MR) is 337 cm³/mol. The third kappa shape index (κ3) is 13.2. The van der Waals surface area contributed by atoms with Crippen LogP contribution in [0, 0.1) is 47.5 Å². The molecule has 7 aromatic carbocycles. The summed E-state index contributed by atoms with van der Waals surface area (Å²) in [6, 6.07) is 23.3. The first-order chi connectivity index (χ1) is 39.0. The van der Waals surface area contributed by atoms with Gasteiger partial charge in [-0.3, -0.25) is 18.7 Å². The van der Waals surface area contributed by atoms with E-state index in [1.807, 2.05) is 137 Å². The lowest BCUT2D eigenvalue weighted by atomic mass is 9.77. The van der Waals surface area contributed by atoms with E-state index in [-0.39, 0.29) is 45.7 Å². The molecule has 0 aliphatic heterocycles. The number of aliphatic hydroxyl groups excluding tert-OH is 2. The van der Waals surface area contributed by atoms with E-state index in [2.05, 4.69) is 10.6 Å². The molecule has 0 radical (unpaired) electrons. The van der Waals surface area contributed by atoms with Crippen LogP contribution in [0.15, 0.2) is 101 Å². The van der Waals surface area contributed by atoms with Crippen molar-refractivity contribution in [3.8, 4) is 11.5 Å². The molecule has 0 bridgehead atoms. The molecule has 8 N–H and O–H groups in total. The lowest BCUT2D eigenvalue weighted by Crippen LogP contribution is -2.19. The number of rotatable bonds is 15. The molecule has 0 fully saturated rings. The van der Waals surface area contributed by atoms with Crippen molar-refractivity contribution in [1.29, 1.82) is 0 Å². The van der Waals surface area contributed by atoms with E-state index in [0.29, 0.717) is 95.6 Å². The maximum absolute atomic E-state index is 14.8. The zero-order chi connectivity index (χ0) is 63.8. The minimum atomic E-state index is -5.24. The van der Waals surface area contributed by atoms with Crippen molar-refractivity contribution in [2.45, 2.75) is 169 Å². The van der Waals surface area contributed by atoms with Crippen molar-refractivity contribution in [3.05, 3.63) is 203 Å². The number of hydrogen-bond acceptors (Lipinski definition) is 12. The number of anilines is 4. The number of aromatic hydroxyl groups is 2. The number of benzene rings is 7. The van der Waals surface area contributed by atoms with Gasteiger partial charge in [-0.25, -0.2) is 0 Å². The van der Waals surface area contributed by atoms with Crippen LogP contribution in [0.5, 0.6) is 11.5 Å². The molecular formula is C69H81N2O12S2+. The van der Waals surface area contributed by atoms with Crippen LogP contribution in [-0.2, 0) is 55.1 Å². The van der Waals surface area contributed by atoms with Crippen LogP contribution in [0.25, 0.3) is 0 Å². The molecule has 7 rings (SSSR count). The molecule has 0 saturated heterocycles. The van der Waals surface area contributed by atoms with Crippen LogP contribution in [0.2, 0.25) is 0 Å². The Labute approximate surface area is 501 Å². The van der Waals surface area contributed by atoms with Crippen LogP contribution in [0.4, 0.5) is 22.7 Å². The number of ketones is 2. The molecule has 0 aliphatic rings. The van der Waals surface area contributed by atoms with Crippen molar-refractivity contribution in [2.75, 3.05) is 10.6 Å². The Balaban J connectivity index is 1.36. The SMILES string of the molecule is Cc1cc(C)c(C(=O)c2cc(C(C)(C)C)c(O)c(C(C)(C)C)c2)c(C)c1Nc1ccc([C+](c2ccc(Nc3c(C)cc(C)c(C(=O)c4cc(C(C)(C)C)c(O)c(C(C)(C)C)c4)c3C)c(CO)c2)c2ccc(S(=O)(=O)O)cc2S(=O)(=O)O)cc1CO. The molecule has 450 valence electrons. The fraction of sp³-hybridized carbons (Fsp3) is 0.348. The van der Waals surface area contributed by atoms with Gasteiger partial charge in [0, 0.05) is 73.1 Å². The van der Waals surface area contributed by atoms with E-state index in [4.69, 9.17) is 0 Å². The number of hydrogen-bond donors (Lipinski definition) is 8. The van der Waals surface area contributed by atoms with Crippen LogP contribution in [0.1, 0.15) is 198 Å². The van der Waals surface area contributed by atoms with Crippen LogP contribution >= 0.6 is 0 Å². The molecule has 0 heterocycles. The minimum Gasteiger partial charge on any atom is -0.507 e. The fourth-order valence-corrected chi connectivity index (χ4v) is 12.7. The summed E-state index contributed by atoms with van der Waals surface area (Å²) in [4.78, 5) is 28.0. The van der Waals surface area contributed by atoms with Gasteiger partial charge in [-0.15, -0.1) is 0 Å². The lowest BCUT2D eigenvalue weighted by Gasteiger charge is -2.28. The number of aliphatic hydroxyl groups is 2. The molecule has 0 saturated carbocycles. The summed E-state index contributed by atoms with van der Waals surface area (Å²) in [5.74, 6) is -0.0887. The van der Waals surface area contributed by atoms with Crippen molar-refractivity contribution in [3.63, 3.8) is 0 Å². The Hall–Kier alpha value is -7.31. The van der Waals surface area contributed by atoms with Crippen molar-refractivity contribution >= 4 is 54.6 Å². The molecule has 85 heavy (non-hydrogen) atoms. The summed E-state index contributed by atoms with van der Waals surface area (Å²) in [5, 5.41) is 52.2. The van der Waals surface area contributed by atoms with Gasteiger partial charge < -0.3 is 31.1 Å². The van der Waals surface area contributed by atoms with E-state index >= 15 is 0 Å². The second-order valence-corrected chi connectivity index (χ2v) is 29.4. The van der Waals surface area contributed by atoms with E-state index in [1.54, 1.807) is 60.7 Å². The number of aryl methyl sites for hydroxylation is 4. The second kappa shape index (κ2) is 23.2. The van der Waals surface area contributed by atoms with Gasteiger partial charge >= 0.3 is 10.1 Å². The average Bonchev–Trinajstić information content (AvgIpc) is 1.12. The van der Waals surface area contributed by atoms with E-state index in [0.717, 1.165) is 34.4 Å². The van der Waals surface area contributed by atoms with Crippen LogP contribution < -0.4 is 10.6 Å². The van der Waals surface area contributed by atoms with Gasteiger partial charge in [0.1, 0.15) is 21.3 Å². The summed E-state index contributed by atoms with van der Waals surface area (Å²) in [6.45, 7) is 33.8. The highest BCUT2D eigenvalue weighted by molar-refractivity contribution is 7.86. The average molecular weight is 1190 g/mol. The van der Waals surface area contributed by atoms with Crippen LogP contribution in [-0.4, -0.2) is 57.9 Å². The monoisotopic (exact) mass is 1190 g/mol. The topological polar surface area (TPSA) is 248 Å². The van der Waals surface area contributed by atoms with Crippen molar-refractivity contribution < 1.29 is 56.0 Å². The van der Waals surface area contributed by atoms with Crippen molar-refractivity contribution in [2.24, 2.45) is 0 Å². The number of carbonyl (C=O) groups excluding carboxylic acids is 2. The summed E-state index contributed by atoms with van der Waals surface area (Å²) in [6.07, 6.45) is 0. The minimum absolute atomic E-state index is 0.111. The van der Waals surface area contributed by atoms with E-state index in [9.17, 15) is 56.0 Å². The summed E-state index contributed by atoms with van der Waals surface area (Å²) < 4.78 is 72.4. The Bertz CT molecular complexity index is 3820. The second-order valence-electron chi connectivity index (χ2n) is 26.6. The predicted octanol–water partition coefficient (Wildman–Crippen LogP) is 14.6. The zero-order valence-corrected chi connectivity index (χ0v) is 53.7. The quantitative estimate of drug-likeness (QED) is 0.0206. The maximum Gasteiger partial charge on any atom is 0.315 e. The highest BCUT2D eigenvalue weighted by Gasteiger charge is 2.35.